The van der Waals surface area contributed by atoms with Crippen LogP contribution in [0.5, 0.6) is 0 Å². The summed E-state index contributed by atoms with van der Waals surface area (Å²) < 4.78 is 13.6. The highest BCUT2D eigenvalue weighted by molar-refractivity contribution is 6.14. The first-order chi connectivity index (χ1) is 14.5. The van der Waals surface area contributed by atoms with Crippen molar-refractivity contribution < 1.29 is 14.1 Å². The number of carbonyl (C=O) groups is 1. The zero-order chi connectivity index (χ0) is 21.3. The predicted octanol–water partition coefficient (Wildman–Crippen LogP) is 5.51. The Labute approximate surface area is 171 Å². The Hall–Kier alpha value is -4.13. The highest BCUT2D eigenvalue weighted by atomic mass is 19.1. The van der Waals surface area contributed by atoms with Crippen LogP contribution >= 0.6 is 0 Å². The molecule has 0 bridgehead atoms. The van der Waals surface area contributed by atoms with Gasteiger partial charge < -0.3 is 5.32 Å². The van der Waals surface area contributed by atoms with Crippen molar-refractivity contribution >= 4 is 28.2 Å². The minimum Gasteiger partial charge on any atom is -0.322 e. The van der Waals surface area contributed by atoms with Crippen molar-refractivity contribution in [2.45, 2.75) is 6.92 Å². The van der Waals surface area contributed by atoms with Crippen molar-refractivity contribution in [3.63, 3.8) is 0 Å². The van der Waals surface area contributed by atoms with Gasteiger partial charge in [-0.15, -0.1) is 0 Å². The zero-order valence-corrected chi connectivity index (χ0v) is 15.9. The van der Waals surface area contributed by atoms with E-state index in [9.17, 15) is 19.3 Å². The number of fused-ring (bicyclic) bond motifs is 1. The summed E-state index contributed by atoms with van der Waals surface area (Å²) in [5, 5.41) is 14.3. The highest BCUT2D eigenvalue weighted by Gasteiger charge is 2.20. The van der Waals surface area contributed by atoms with Crippen molar-refractivity contribution in [3.8, 4) is 11.3 Å². The Balaban J connectivity index is 1.84. The van der Waals surface area contributed by atoms with Gasteiger partial charge in [0.05, 0.1) is 21.7 Å². The van der Waals surface area contributed by atoms with Gasteiger partial charge in [-0.1, -0.05) is 48.5 Å². The largest absolute Gasteiger partial charge is 0.322 e. The summed E-state index contributed by atoms with van der Waals surface area (Å²) in [5.74, 6) is -1.42. The molecule has 0 atom stereocenters. The van der Waals surface area contributed by atoms with E-state index in [1.54, 1.807) is 6.07 Å². The molecule has 0 unspecified atom stereocenters. The molecule has 1 aromatic heterocycles. The Bertz CT molecular complexity index is 1290. The number of nitro groups is 1. The third kappa shape index (κ3) is 3.48. The summed E-state index contributed by atoms with van der Waals surface area (Å²) in [6.45, 7) is 1.81. The number of nitrogens with one attached hydrogen (secondary N) is 1. The number of benzene rings is 3. The van der Waals surface area contributed by atoms with Crippen molar-refractivity contribution in [1.82, 2.24) is 4.98 Å². The van der Waals surface area contributed by atoms with Crippen molar-refractivity contribution in [2.24, 2.45) is 0 Å². The van der Waals surface area contributed by atoms with Gasteiger partial charge in [0.25, 0.3) is 5.91 Å². The molecule has 0 aliphatic rings. The summed E-state index contributed by atoms with van der Waals surface area (Å²) in [4.78, 5) is 28.1. The minimum atomic E-state index is -0.963. The third-order valence-electron chi connectivity index (χ3n) is 4.81. The van der Waals surface area contributed by atoms with Crippen molar-refractivity contribution in [1.29, 1.82) is 0 Å². The Morgan fingerprint density at radius 2 is 1.73 bits per heavy atom. The molecule has 0 aliphatic heterocycles. The lowest BCUT2D eigenvalue weighted by Gasteiger charge is -2.15. The first-order valence-electron chi connectivity index (χ1n) is 9.16. The number of carbonyl (C=O) groups excluding carboxylic acids is 1. The molecule has 0 fully saturated rings. The van der Waals surface area contributed by atoms with Gasteiger partial charge in [-0.3, -0.25) is 14.9 Å². The standard InChI is InChI=1S/C23H16FN3O3/c1-14-21(23(28)25-16-11-12-18(24)20(13-16)27(29)30)17-9-5-6-10-19(17)26-22(14)15-7-3-2-4-8-15/h2-13H,1H3,(H,25,28). The second-order valence-electron chi connectivity index (χ2n) is 6.72. The number of para-hydroxylation sites is 1. The van der Waals surface area contributed by atoms with Crippen molar-refractivity contribution in [2.75, 3.05) is 5.32 Å². The first kappa shape index (κ1) is 19.2. The second kappa shape index (κ2) is 7.71. The van der Waals surface area contributed by atoms with Gasteiger partial charge in [-0.25, -0.2) is 4.98 Å². The van der Waals surface area contributed by atoms with E-state index < -0.39 is 22.3 Å². The lowest BCUT2D eigenvalue weighted by molar-refractivity contribution is -0.387. The summed E-state index contributed by atoms with van der Waals surface area (Å²) in [6, 6.07) is 20.0. The molecule has 4 aromatic rings. The number of hydrogen-bond acceptors (Lipinski definition) is 4. The maximum absolute atomic E-state index is 13.6. The van der Waals surface area contributed by atoms with E-state index in [2.05, 4.69) is 5.32 Å². The molecule has 4 rings (SSSR count). The minimum absolute atomic E-state index is 0.134. The Morgan fingerprint density at radius 3 is 2.47 bits per heavy atom. The van der Waals surface area contributed by atoms with Gasteiger partial charge in [0.15, 0.2) is 0 Å². The number of amides is 1. The molecule has 30 heavy (non-hydrogen) atoms. The monoisotopic (exact) mass is 401 g/mol. The molecule has 3 aromatic carbocycles. The van der Waals surface area contributed by atoms with E-state index in [4.69, 9.17) is 4.98 Å². The normalized spacial score (nSPS) is 10.7. The van der Waals surface area contributed by atoms with Gasteiger partial charge in [-0.05, 0) is 30.7 Å². The van der Waals surface area contributed by atoms with Crippen molar-refractivity contribution in [3.05, 3.63) is 99.9 Å². The summed E-state index contributed by atoms with van der Waals surface area (Å²) in [7, 11) is 0. The molecule has 0 saturated heterocycles. The number of nitrogens with zero attached hydrogens (tertiary/aromatic N) is 2. The van der Waals surface area contributed by atoms with E-state index in [0.29, 0.717) is 27.7 Å². The van der Waals surface area contributed by atoms with Crippen LogP contribution in [0.3, 0.4) is 0 Å². The number of anilines is 1. The average molecular weight is 401 g/mol. The van der Waals surface area contributed by atoms with Crippen LogP contribution < -0.4 is 5.32 Å². The van der Waals surface area contributed by atoms with Crippen LogP contribution in [0.25, 0.3) is 22.2 Å². The molecule has 1 heterocycles. The van der Waals surface area contributed by atoms with Crippen LogP contribution in [0.1, 0.15) is 15.9 Å². The second-order valence-corrected chi connectivity index (χ2v) is 6.72. The fraction of sp³-hybridized carbons (Fsp3) is 0.0435. The maximum Gasteiger partial charge on any atom is 0.306 e. The van der Waals surface area contributed by atoms with E-state index in [-0.39, 0.29) is 5.69 Å². The Kier molecular flexibility index (Phi) is 4.93. The van der Waals surface area contributed by atoms with Gasteiger partial charge >= 0.3 is 5.69 Å². The van der Waals surface area contributed by atoms with Crippen LogP contribution in [0.4, 0.5) is 15.8 Å². The maximum atomic E-state index is 13.6. The summed E-state index contributed by atoms with van der Waals surface area (Å²) >= 11 is 0. The average Bonchev–Trinajstić information content (AvgIpc) is 2.75. The lowest BCUT2D eigenvalue weighted by atomic mass is 9.97. The molecule has 1 N–H and O–H groups in total. The van der Waals surface area contributed by atoms with Gasteiger partial charge in [0.2, 0.25) is 5.82 Å². The molecule has 6 nitrogen and oxygen atoms in total. The van der Waals surface area contributed by atoms with E-state index in [1.165, 1.54) is 6.07 Å². The number of pyridine rings is 1. The number of halogens is 1. The quantitative estimate of drug-likeness (QED) is 0.361. The van der Waals surface area contributed by atoms with E-state index in [0.717, 1.165) is 17.7 Å². The highest BCUT2D eigenvalue weighted by Crippen LogP contribution is 2.30. The molecule has 7 heteroatoms. The van der Waals surface area contributed by atoms with Gasteiger partial charge in [0.1, 0.15) is 0 Å². The van der Waals surface area contributed by atoms with Gasteiger partial charge in [-0.2, -0.15) is 4.39 Å². The SMILES string of the molecule is Cc1c(-c2ccccc2)nc2ccccc2c1C(=O)Nc1ccc(F)c([N+](=O)[O-])c1. The third-order valence-corrected chi connectivity index (χ3v) is 4.81. The summed E-state index contributed by atoms with van der Waals surface area (Å²) in [5.41, 5.74) is 2.71. The molecule has 0 aliphatic carbocycles. The van der Waals surface area contributed by atoms with E-state index in [1.807, 2.05) is 55.5 Å². The molecule has 0 radical (unpaired) electrons. The van der Waals surface area contributed by atoms with Crippen LogP contribution in [0.2, 0.25) is 0 Å². The molecule has 1 amide bonds. The smallest absolute Gasteiger partial charge is 0.306 e. The molecular weight excluding hydrogens is 385 g/mol. The first-order valence-corrected chi connectivity index (χ1v) is 9.16. The fourth-order valence-corrected chi connectivity index (χ4v) is 3.40. The van der Waals surface area contributed by atoms with Crippen LogP contribution in [-0.4, -0.2) is 15.8 Å². The molecular formula is C23H16FN3O3. The van der Waals surface area contributed by atoms with Gasteiger partial charge in [0, 0.05) is 22.7 Å². The zero-order valence-electron chi connectivity index (χ0n) is 15.9. The topological polar surface area (TPSA) is 85.1 Å². The Morgan fingerprint density at radius 1 is 1.03 bits per heavy atom. The van der Waals surface area contributed by atoms with Crippen LogP contribution in [-0.2, 0) is 0 Å². The lowest BCUT2D eigenvalue weighted by Crippen LogP contribution is -2.15. The number of hydrogen-bond donors (Lipinski definition) is 1. The number of aromatic nitrogens is 1. The number of nitro benzene ring substituents is 1. The predicted molar refractivity (Wildman–Crippen MR) is 113 cm³/mol. The molecule has 0 spiro atoms. The molecule has 0 saturated carbocycles. The van der Waals surface area contributed by atoms with E-state index >= 15 is 0 Å². The number of rotatable bonds is 4. The van der Waals surface area contributed by atoms with Crippen LogP contribution in [0, 0.1) is 22.9 Å². The van der Waals surface area contributed by atoms with Crippen LogP contribution in [0.15, 0.2) is 72.8 Å². The molecule has 148 valence electrons. The summed E-state index contributed by atoms with van der Waals surface area (Å²) in [6.07, 6.45) is 0. The fourth-order valence-electron chi connectivity index (χ4n) is 3.40.